The van der Waals surface area contributed by atoms with E-state index in [0.29, 0.717) is 46.8 Å². The summed E-state index contributed by atoms with van der Waals surface area (Å²) in [5, 5.41) is 18.9. The molecule has 6 rings (SSSR count). The zero-order valence-electron chi connectivity index (χ0n) is 32.9. The molecular weight excluding hydrogens is 749 g/mol. The molecule has 1 saturated carbocycles. The van der Waals surface area contributed by atoms with E-state index in [-0.39, 0.29) is 28.7 Å². The van der Waals surface area contributed by atoms with Crippen LogP contribution in [-0.2, 0) is 4.74 Å². The number of halogens is 4. The standard InChI is InChI=1S/C27H28F2O3.C21H22F2O3/c1-2-3-4-5-6-7-18-32-22-14-10-20(11-15-22)25-23(19-8-12-21(28)13-9-19)16-17-24(26(25)29)27(30)31;1-2-26-16-7-3-13(4-8-16)19-11-14(5-9-18(19)21(24)25)17-10-6-15(22)12-20(17)23/h8-17H,2-7,18H2,1H3,(H,30,31);5-6,9-13,16H,2-4,7-8H2,1H3,(H,24,25). The zero-order chi connectivity index (χ0) is 41.6. The van der Waals surface area contributed by atoms with Gasteiger partial charge in [-0.2, -0.15) is 0 Å². The lowest BCUT2D eigenvalue weighted by atomic mass is 9.80. The van der Waals surface area contributed by atoms with Crippen LogP contribution < -0.4 is 4.74 Å². The Kier molecular flexibility index (Phi) is 16.0. The molecule has 0 atom stereocenters. The van der Waals surface area contributed by atoms with Gasteiger partial charge in [-0.15, -0.1) is 0 Å². The number of ether oxygens (including phenoxy) is 2. The molecule has 0 saturated heterocycles. The maximum Gasteiger partial charge on any atom is 0.338 e. The van der Waals surface area contributed by atoms with Crippen LogP contribution in [-0.4, -0.2) is 41.5 Å². The molecule has 2 N–H and O–H groups in total. The van der Waals surface area contributed by atoms with E-state index in [1.165, 1.54) is 62.1 Å². The molecule has 0 heterocycles. The molecule has 306 valence electrons. The second-order valence-electron chi connectivity index (χ2n) is 14.5. The molecule has 1 fully saturated rings. The second-order valence-corrected chi connectivity index (χ2v) is 14.5. The van der Waals surface area contributed by atoms with Gasteiger partial charge in [-0.1, -0.05) is 75.4 Å². The summed E-state index contributed by atoms with van der Waals surface area (Å²) in [4.78, 5) is 23.1. The van der Waals surface area contributed by atoms with Gasteiger partial charge in [-0.25, -0.2) is 27.2 Å². The maximum atomic E-state index is 15.2. The third-order valence-corrected chi connectivity index (χ3v) is 10.5. The highest BCUT2D eigenvalue weighted by atomic mass is 19.1. The summed E-state index contributed by atoms with van der Waals surface area (Å²) >= 11 is 0. The third-order valence-electron chi connectivity index (χ3n) is 10.5. The highest BCUT2D eigenvalue weighted by Gasteiger charge is 2.27. The van der Waals surface area contributed by atoms with Gasteiger partial charge in [0.2, 0.25) is 0 Å². The van der Waals surface area contributed by atoms with E-state index < -0.39 is 40.8 Å². The van der Waals surface area contributed by atoms with Crippen LogP contribution >= 0.6 is 0 Å². The Bertz CT molecular complexity index is 2130. The first kappa shape index (κ1) is 43.6. The lowest BCUT2D eigenvalue weighted by molar-refractivity contribution is 0.0327. The largest absolute Gasteiger partial charge is 0.494 e. The Labute approximate surface area is 337 Å². The first-order valence-electron chi connectivity index (χ1n) is 20.0. The van der Waals surface area contributed by atoms with Gasteiger partial charge in [-0.3, -0.25) is 0 Å². The SMILES string of the molecule is CCCCCCCCOc1ccc(-c2c(-c3ccc(F)cc3)ccc(C(=O)O)c2F)cc1.CCOC1CCC(c2cc(-c3ccc(F)cc3F)ccc2C(=O)O)CC1. The summed E-state index contributed by atoms with van der Waals surface area (Å²) < 4.78 is 67.3. The van der Waals surface area contributed by atoms with Gasteiger partial charge < -0.3 is 19.7 Å². The molecule has 0 bridgehead atoms. The van der Waals surface area contributed by atoms with Gasteiger partial charge >= 0.3 is 11.9 Å². The van der Waals surface area contributed by atoms with Crippen molar-refractivity contribution >= 4 is 11.9 Å². The topological polar surface area (TPSA) is 93.1 Å². The molecule has 0 amide bonds. The molecule has 0 aliphatic heterocycles. The lowest BCUT2D eigenvalue weighted by Gasteiger charge is -2.29. The number of hydrogen-bond acceptors (Lipinski definition) is 4. The van der Waals surface area contributed by atoms with Gasteiger partial charge in [0, 0.05) is 23.8 Å². The molecule has 6 nitrogen and oxygen atoms in total. The average molecular weight is 799 g/mol. The minimum atomic E-state index is -1.34. The van der Waals surface area contributed by atoms with E-state index in [9.17, 15) is 33.0 Å². The summed E-state index contributed by atoms with van der Waals surface area (Å²) in [6.07, 6.45) is 10.7. The predicted octanol–water partition coefficient (Wildman–Crippen LogP) is 13.1. The number of carboxylic acid groups (broad SMARTS) is 2. The van der Waals surface area contributed by atoms with Crippen LogP contribution in [0.2, 0.25) is 0 Å². The predicted molar refractivity (Wildman–Crippen MR) is 218 cm³/mol. The molecule has 1 aliphatic carbocycles. The van der Waals surface area contributed by atoms with Crippen LogP contribution in [0.3, 0.4) is 0 Å². The first-order chi connectivity index (χ1) is 28.0. The van der Waals surface area contributed by atoms with E-state index in [2.05, 4.69) is 6.92 Å². The van der Waals surface area contributed by atoms with Crippen molar-refractivity contribution in [3.63, 3.8) is 0 Å². The van der Waals surface area contributed by atoms with Crippen LogP contribution in [0, 0.1) is 23.3 Å². The Morgan fingerprint density at radius 3 is 1.84 bits per heavy atom. The van der Waals surface area contributed by atoms with E-state index in [0.717, 1.165) is 44.6 Å². The number of aromatic carboxylic acids is 2. The molecule has 0 aromatic heterocycles. The van der Waals surface area contributed by atoms with Gasteiger partial charge in [0.1, 0.15) is 29.0 Å². The summed E-state index contributed by atoms with van der Waals surface area (Å²) in [5.74, 6) is -4.06. The van der Waals surface area contributed by atoms with Crippen molar-refractivity contribution in [2.45, 2.75) is 90.1 Å². The van der Waals surface area contributed by atoms with Gasteiger partial charge in [0.05, 0.1) is 23.8 Å². The average Bonchev–Trinajstić information content (AvgIpc) is 3.21. The van der Waals surface area contributed by atoms with Crippen LogP contribution in [0.25, 0.3) is 33.4 Å². The van der Waals surface area contributed by atoms with Crippen molar-refractivity contribution in [2.24, 2.45) is 0 Å². The van der Waals surface area contributed by atoms with Crippen molar-refractivity contribution in [2.75, 3.05) is 13.2 Å². The Balaban J connectivity index is 0.000000226. The molecule has 5 aromatic carbocycles. The van der Waals surface area contributed by atoms with Crippen molar-refractivity contribution in [3.8, 4) is 39.1 Å². The molecular formula is C48H50F4O6. The van der Waals surface area contributed by atoms with Crippen molar-refractivity contribution in [3.05, 3.63) is 137 Å². The Hall–Kier alpha value is -5.48. The summed E-state index contributed by atoms with van der Waals surface area (Å²) in [6, 6.07) is 23.7. The molecule has 1 aliphatic rings. The Morgan fingerprint density at radius 1 is 0.621 bits per heavy atom. The maximum absolute atomic E-state index is 15.2. The number of carbonyl (C=O) groups is 2. The van der Waals surface area contributed by atoms with Crippen LogP contribution in [0.4, 0.5) is 17.6 Å². The highest BCUT2D eigenvalue weighted by molar-refractivity contribution is 5.94. The third kappa shape index (κ3) is 11.6. The van der Waals surface area contributed by atoms with E-state index in [1.54, 1.807) is 54.6 Å². The highest BCUT2D eigenvalue weighted by Crippen LogP contribution is 2.39. The minimum Gasteiger partial charge on any atom is -0.494 e. The van der Waals surface area contributed by atoms with Gasteiger partial charge in [0.15, 0.2) is 0 Å². The fourth-order valence-electron chi connectivity index (χ4n) is 7.45. The number of benzene rings is 5. The van der Waals surface area contributed by atoms with Crippen molar-refractivity contribution < 1.29 is 46.8 Å². The quantitative estimate of drug-likeness (QED) is 0.0763. The van der Waals surface area contributed by atoms with Crippen molar-refractivity contribution in [1.82, 2.24) is 0 Å². The number of rotatable bonds is 16. The number of unbranched alkanes of at least 4 members (excludes halogenated alkanes) is 5. The molecule has 0 spiro atoms. The van der Waals surface area contributed by atoms with E-state index in [1.807, 2.05) is 6.92 Å². The Morgan fingerprint density at radius 2 is 1.21 bits per heavy atom. The van der Waals surface area contributed by atoms with Crippen LogP contribution in [0.15, 0.2) is 97.1 Å². The van der Waals surface area contributed by atoms with Crippen molar-refractivity contribution in [1.29, 1.82) is 0 Å². The van der Waals surface area contributed by atoms with E-state index >= 15 is 4.39 Å². The fourth-order valence-corrected chi connectivity index (χ4v) is 7.45. The molecule has 10 heteroatoms. The summed E-state index contributed by atoms with van der Waals surface area (Å²) in [6.45, 7) is 5.46. The van der Waals surface area contributed by atoms with Gasteiger partial charge in [-0.05, 0) is 127 Å². The van der Waals surface area contributed by atoms with Crippen LogP contribution in [0.5, 0.6) is 5.75 Å². The first-order valence-corrected chi connectivity index (χ1v) is 20.0. The minimum absolute atomic E-state index is 0.0984. The van der Waals surface area contributed by atoms with Crippen LogP contribution in [0.1, 0.15) is 110 Å². The summed E-state index contributed by atoms with van der Waals surface area (Å²) in [7, 11) is 0. The van der Waals surface area contributed by atoms with E-state index in [4.69, 9.17) is 9.47 Å². The summed E-state index contributed by atoms with van der Waals surface area (Å²) in [5.41, 5.74) is 3.17. The smallest absolute Gasteiger partial charge is 0.338 e. The molecule has 0 unspecified atom stereocenters. The fraction of sp³-hybridized carbons (Fsp3) is 0.333. The molecule has 58 heavy (non-hydrogen) atoms. The molecule has 5 aromatic rings. The number of hydrogen-bond donors (Lipinski definition) is 2. The lowest BCUT2D eigenvalue weighted by Crippen LogP contribution is -2.21. The second kappa shape index (κ2) is 21.3. The molecule has 0 radical (unpaired) electrons. The normalized spacial score (nSPS) is 15.0. The zero-order valence-corrected chi connectivity index (χ0v) is 32.9. The van der Waals surface area contributed by atoms with Gasteiger partial charge in [0.25, 0.3) is 0 Å². The monoisotopic (exact) mass is 798 g/mol. The number of carboxylic acids is 2.